The Morgan fingerprint density at radius 3 is 2.19 bits per heavy atom. The van der Waals surface area contributed by atoms with E-state index in [0.717, 1.165) is 23.8 Å². The zero-order valence-electron chi connectivity index (χ0n) is 15.2. The van der Waals surface area contributed by atoms with Crippen LogP contribution in [0.5, 0.6) is 17.2 Å². The SMILES string of the molecule is COc1cc(CCC(=O)Nc2cc(C(=O)O)ccc2F)cc(OC)c1OC. The highest BCUT2D eigenvalue weighted by Crippen LogP contribution is 2.38. The number of methoxy groups -OCH3 is 3. The molecule has 0 aliphatic heterocycles. The molecule has 2 N–H and O–H groups in total. The fourth-order valence-electron chi connectivity index (χ4n) is 2.50. The molecule has 2 rings (SSSR count). The Labute approximate surface area is 155 Å². The number of amides is 1. The van der Waals surface area contributed by atoms with E-state index in [9.17, 15) is 14.0 Å². The van der Waals surface area contributed by atoms with Gasteiger partial charge in [0, 0.05) is 6.42 Å². The molecule has 0 spiro atoms. The van der Waals surface area contributed by atoms with Crippen molar-refractivity contribution in [3.05, 3.63) is 47.3 Å². The van der Waals surface area contributed by atoms with Crippen LogP contribution in [0, 0.1) is 5.82 Å². The lowest BCUT2D eigenvalue weighted by molar-refractivity contribution is -0.116. The van der Waals surface area contributed by atoms with Crippen LogP contribution >= 0.6 is 0 Å². The molecule has 2 aromatic rings. The molecule has 2 aromatic carbocycles. The predicted octanol–water partition coefficient (Wildman–Crippen LogP) is 3.12. The van der Waals surface area contributed by atoms with Gasteiger partial charge in [0.25, 0.3) is 0 Å². The number of ether oxygens (including phenoxy) is 3. The van der Waals surface area contributed by atoms with Crippen LogP contribution in [0.2, 0.25) is 0 Å². The van der Waals surface area contributed by atoms with Crippen LogP contribution in [-0.4, -0.2) is 38.3 Å². The first kappa shape index (κ1) is 20.0. The maximum atomic E-state index is 13.8. The lowest BCUT2D eigenvalue weighted by atomic mass is 10.1. The number of aryl methyl sites for hydroxylation is 1. The fraction of sp³-hybridized carbons (Fsp3) is 0.263. The van der Waals surface area contributed by atoms with Gasteiger partial charge in [0.15, 0.2) is 11.5 Å². The average molecular weight is 377 g/mol. The summed E-state index contributed by atoms with van der Waals surface area (Å²) >= 11 is 0. The second-order valence-corrected chi connectivity index (χ2v) is 5.58. The number of carbonyl (C=O) groups is 2. The number of carboxylic acid groups (broad SMARTS) is 1. The van der Waals surface area contributed by atoms with Gasteiger partial charge in [-0.15, -0.1) is 0 Å². The Hall–Kier alpha value is -3.29. The molecule has 1 amide bonds. The Morgan fingerprint density at radius 2 is 1.67 bits per heavy atom. The van der Waals surface area contributed by atoms with Crippen LogP contribution in [0.25, 0.3) is 0 Å². The average Bonchev–Trinajstić information content (AvgIpc) is 2.66. The van der Waals surface area contributed by atoms with Crippen molar-refractivity contribution in [1.29, 1.82) is 0 Å². The van der Waals surface area contributed by atoms with Gasteiger partial charge in [-0.2, -0.15) is 0 Å². The highest BCUT2D eigenvalue weighted by Gasteiger charge is 2.15. The summed E-state index contributed by atoms with van der Waals surface area (Å²) in [4.78, 5) is 23.1. The minimum Gasteiger partial charge on any atom is -0.493 e. The molecule has 0 fully saturated rings. The number of carbonyl (C=O) groups excluding carboxylic acids is 1. The summed E-state index contributed by atoms with van der Waals surface area (Å²) in [6, 6.07) is 6.65. The molecule has 144 valence electrons. The van der Waals surface area contributed by atoms with Gasteiger partial charge in [-0.05, 0) is 42.3 Å². The fourth-order valence-corrected chi connectivity index (χ4v) is 2.50. The molecule has 0 heterocycles. The van der Waals surface area contributed by atoms with Gasteiger partial charge < -0.3 is 24.6 Å². The lowest BCUT2D eigenvalue weighted by Crippen LogP contribution is -2.14. The topological polar surface area (TPSA) is 94.1 Å². The van der Waals surface area contributed by atoms with Gasteiger partial charge in [0.05, 0.1) is 32.6 Å². The van der Waals surface area contributed by atoms with E-state index in [0.29, 0.717) is 23.7 Å². The Kier molecular flexibility index (Phi) is 6.59. The largest absolute Gasteiger partial charge is 0.493 e. The first-order chi connectivity index (χ1) is 12.9. The second kappa shape index (κ2) is 8.88. The number of halogens is 1. The zero-order valence-corrected chi connectivity index (χ0v) is 15.2. The molecule has 0 radical (unpaired) electrons. The van der Waals surface area contributed by atoms with Crippen LogP contribution in [0.4, 0.5) is 10.1 Å². The van der Waals surface area contributed by atoms with Gasteiger partial charge in [0.2, 0.25) is 11.7 Å². The van der Waals surface area contributed by atoms with E-state index in [1.165, 1.54) is 21.3 Å². The van der Waals surface area contributed by atoms with E-state index in [1.807, 2.05) is 0 Å². The molecule has 27 heavy (non-hydrogen) atoms. The van der Waals surface area contributed by atoms with Gasteiger partial charge in [-0.1, -0.05) is 0 Å². The van der Waals surface area contributed by atoms with Crippen molar-refractivity contribution >= 4 is 17.6 Å². The molecular weight excluding hydrogens is 357 g/mol. The molecule has 8 heteroatoms. The van der Waals surface area contributed by atoms with Gasteiger partial charge in [-0.3, -0.25) is 4.79 Å². The van der Waals surface area contributed by atoms with Crippen molar-refractivity contribution in [3.63, 3.8) is 0 Å². The Balaban J connectivity index is 2.10. The standard InChI is InChI=1S/C19H20FNO6/c1-25-15-8-11(9-16(26-2)18(15)27-3)4-7-17(22)21-14-10-12(19(23)24)5-6-13(14)20/h5-6,8-10H,4,7H2,1-3H3,(H,21,22)(H,23,24). The van der Waals surface area contributed by atoms with E-state index in [-0.39, 0.29) is 17.7 Å². The quantitative estimate of drug-likeness (QED) is 0.734. The number of nitrogens with one attached hydrogen (secondary N) is 1. The third-order valence-electron chi connectivity index (χ3n) is 3.85. The molecule has 7 nitrogen and oxygen atoms in total. The third kappa shape index (κ3) is 4.87. The van der Waals surface area contributed by atoms with E-state index < -0.39 is 17.7 Å². The lowest BCUT2D eigenvalue weighted by Gasteiger charge is -2.14. The van der Waals surface area contributed by atoms with Gasteiger partial charge >= 0.3 is 5.97 Å². The smallest absolute Gasteiger partial charge is 0.335 e. The third-order valence-corrected chi connectivity index (χ3v) is 3.85. The predicted molar refractivity (Wildman–Crippen MR) is 96.4 cm³/mol. The Bertz CT molecular complexity index is 827. The summed E-state index contributed by atoms with van der Waals surface area (Å²) in [6.45, 7) is 0. The number of anilines is 1. The van der Waals surface area contributed by atoms with Crippen LogP contribution in [-0.2, 0) is 11.2 Å². The normalized spacial score (nSPS) is 10.2. The summed E-state index contributed by atoms with van der Waals surface area (Å²) in [5.74, 6) is -0.991. The van der Waals surface area contributed by atoms with Crippen molar-refractivity contribution < 1.29 is 33.3 Å². The van der Waals surface area contributed by atoms with E-state index in [1.54, 1.807) is 12.1 Å². The van der Waals surface area contributed by atoms with Gasteiger partial charge in [0.1, 0.15) is 5.82 Å². The summed E-state index contributed by atoms with van der Waals surface area (Å²) in [7, 11) is 4.48. The molecule has 0 bridgehead atoms. The maximum Gasteiger partial charge on any atom is 0.335 e. The number of hydrogen-bond acceptors (Lipinski definition) is 5. The number of benzene rings is 2. The monoisotopic (exact) mass is 377 g/mol. The number of rotatable bonds is 8. The van der Waals surface area contributed by atoms with E-state index in [2.05, 4.69) is 5.32 Å². The number of aromatic carboxylic acids is 1. The number of hydrogen-bond donors (Lipinski definition) is 2. The molecular formula is C19H20FNO6. The van der Waals surface area contributed by atoms with Crippen LogP contribution < -0.4 is 19.5 Å². The van der Waals surface area contributed by atoms with E-state index in [4.69, 9.17) is 19.3 Å². The summed E-state index contributed by atoms with van der Waals surface area (Å²) in [6.07, 6.45) is 0.387. The second-order valence-electron chi connectivity index (χ2n) is 5.58. The minimum absolute atomic E-state index is 0.0510. The summed E-state index contributed by atoms with van der Waals surface area (Å²) < 4.78 is 29.6. The molecule has 0 aliphatic rings. The van der Waals surface area contributed by atoms with Crippen molar-refractivity contribution in [2.75, 3.05) is 26.6 Å². The van der Waals surface area contributed by atoms with Gasteiger partial charge in [-0.25, -0.2) is 9.18 Å². The van der Waals surface area contributed by atoms with Crippen molar-refractivity contribution in [2.24, 2.45) is 0 Å². The summed E-state index contributed by atoms with van der Waals surface area (Å²) in [5, 5.41) is 11.3. The Morgan fingerprint density at radius 1 is 1.04 bits per heavy atom. The van der Waals surface area contributed by atoms with Crippen molar-refractivity contribution in [3.8, 4) is 17.2 Å². The van der Waals surface area contributed by atoms with E-state index >= 15 is 0 Å². The first-order valence-electron chi connectivity index (χ1n) is 8.01. The molecule has 0 saturated carbocycles. The maximum absolute atomic E-state index is 13.8. The highest BCUT2D eigenvalue weighted by atomic mass is 19.1. The molecule has 0 unspecified atom stereocenters. The molecule has 0 saturated heterocycles. The van der Waals surface area contributed by atoms with Crippen LogP contribution in [0.15, 0.2) is 30.3 Å². The highest BCUT2D eigenvalue weighted by molar-refractivity contribution is 5.94. The van der Waals surface area contributed by atoms with Crippen LogP contribution in [0.3, 0.4) is 0 Å². The summed E-state index contributed by atoms with van der Waals surface area (Å²) in [5.41, 5.74) is 0.473. The zero-order chi connectivity index (χ0) is 20.0. The minimum atomic E-state index is -1.21. The molecule has 0 aliphatic carbocycles. The molecule has 0 aromatic heterocycles. The number of carboxylic acids is 1. The van der Waals surface area contributed by atoms with Crippen LogP contribution in [0.1, 0.15) is 22.3 Å². The first-order valence-corrected chi connectivity index (χ1v) is 8.01. The van der Waals surface area contributed by atoms with Crippen molar-refractivity contribution in [1.82, 2.24) is 0 Å². The molecule has 0 atom stereocenters. The van der Waals surface area contributed by atoms with Crippen molar-refractivity contribution in [2.45, 2.75) is 12.8 Å².